The number of hydrogen-bond acceptors (Lipinski definition) is 5. The van der Waals surface area contributed by atoms with E-state index in [1.807, 2.05) is 38.1 Å². The number of nitrogens with one attached hydrogen (secondary N) is 1. The third kappa shape index (κ3) is 5.02. The highest BCUT2D eigenvalue weighted by molar-refractivity contribution is 5.97. The van der Waals surface area contributed by atoms with E-state index in [2.05, 4.69) is 22.2 Å². The van der Waals surface area contributed by atoms with Crippen LogP contribution in [-0.2, 0) is 6.54 Å². The number of nitrogens with zero attached hydrogens (tertiary/aromatic N) is 2. The fourth-order valence-electron chi connectivity index (χ4n) is 2.92. The summed E-state index contributed by atoms with van der Waals surface area (Å²) in [6.45, 7) is 7.01. The van der Waals surface area contributed by atoms with Gasteiger partial charge in [-0.3, -0.25) is 4.79 Å². The highest BCUT2D eigenvalue weighted by atomic mass is 16.5. The Kier molecular flexibility index (Phi) is 6.65. The van der Waals surface area contributed by atoms with Gasteiger partial charge in [-0.25, -0.2) is 9.97 Å². The molecule has 0 aliphatic rings. The number of aromatic nitrogens is 2. The Morgan fingerprint density at radius 3 is 2.48 bits per heavy atom. The van der Waals surface area contributed by atoms with Crippen LogP contribution in [0.3, 0.4) is 0 Å². The Balaban J connectivity index is 1.68. The minimum atomic E-state index is -0.158. The standard InChI is InChI=1S/C23H27N3O3/c1-5-6-11-29-21-10-7-17(12-22(21)28-4)14-24-23(27)18-8-9-19-20(13-18)26-16(3)15(2)25-19/h7-10,12-13H,5-6,11,14H2,1-4H3,(H,24,27). The third-order valence-electron chi connectivity index (χ3n) is 4.77. The second kappa shape index (κ2) is 9.37. The Morgan fingerprint density at radius 1 is 1.00 bits per heavy atom. The van der Waals surface area contributed by atoms with Crippen molar-refractivity contribution in [1.29, 1.82) is 0 Å². The number of fused-ring (bicyclic) bond motifs is 1. The molecule has 0 saturated heterocycles. The molecule has 6 heteroatoms. The minimum absolute atomic E-state index is 0.158. The largest absolute Gasteiger partial charge is 0.493 e. The fourth-order valence-corrected chi connectivity index (χ4v) is 2.92. The van der Waals surface area contributed by atoms with Crippen molar-refractivity contribution in [2.45, 2.75) is 40.2 Å². The zero-order valence-corrected chi connectivity index (χ0v) is 17.4. The Bertz CT molecular complexity index is 1020. The van der Waals surface area contributed by atoms with Gasteiger partial charge in [-0.1, -0.05) is 19.4 Å². The van der Waals surface area contributed by atoms with E-state index in [4.69, 9.17) is 9.47 Å². The summed E-state index contributed by atoms with van der Waals surface area (Å²) < 4.78 is 11.2. The van der Waals surface area contributed by atoms with Crippen molar-refractivity contribution in [3.05, 3.63) is 58.9 Å². The van der Waals surface area contributed by atoms with Crippen LogP contribution in [0.5, 0.6) is 11.5 Å². The zero-order chi connectivity index (χ0) is 20.8. The normalized spacial score (nSPS) is 10.8. The first-order valence-corrected chi connectivity index (χ1v) is 9.84. The van der Waals surface area contributed by atoms with Crippen molar-refractivity contribution in [3.63, 3.8) is 0 Å². The third-order valence-corrected chi connectivity index (χ3v) is 4.77. The number of ether oxygens (including phenoxy) is 2. The maximum Gasteiger partial charge on any atom is 0.251 e. The SMILES string of the molecule is CCCCOc1ccc(CNC(=O)c2ccc3nc(C)c(C)nc3c2)cc1OC. The van der Waals surface area contributed by atoms with Gasteiger partial charge in [0.2, 0.25) is 0 Å². The zero-order valence-electron chi connectivity index (χ0n) is 17.4. The first kappa shape index (κ1) is 20.6. The molecule has 0 saturated carbocycles. The van der Waals surface area contributed by atoms with Crippen molar-refractivity contribution < 1.29 is 14.3 Å². The summed E-state index contributed by atoms with van der Waals surface area (Å²) in [5, 5.41) is 2.95. The van der Waals surface area contributed by atoms with Crippen molar-refractivity contribution in [2.24, 2.45) is 0 Å². The molecule has 1 heterocycles. The average molecular weight is 393 g/mol. The molecular weight excluding hydrogens is 366 g/mol. The monoisotopic (exact) mass is 393 g/mol. The van der Waals surface area contributed by atoms with Gasteiger partial charge in [0.1, 0.15) is 0 Å². The van der Waals surface area contributed by atoms with Gasteiger partial charge in [-0.05, 0) is 56.2 Å². The highest BCUT2D eigenvalue weighted by Gasteiger charge is 2.10. The van der Waals surface area contributed by atoms with Gasteiger partial charge in [-0.2, -0.15) is 0 Å². The number of amides is 1. The van der Waals surface area contributed by atoms with Crippen molar-refractivity contribution in [1.82, 2.24) is 15.3 Å². The van der Waals surface area contributed by atoms with E-state index in [0.717, 1.165) is 46.6 Å². The lowest BCUT2D eigenvalue weighted by Crippen LogP contribution is -2.22. The lowest BCUT2D eigenvalue weighted by atomic mass is 10.1. The van der Waals surface area contributed by atoms with E-state index >= 15 is 0 Å². The molecule has 1 amide bonds. The lowest BCUT2D eigenvalue weighted by Gasteiger charge is -2.12. The van der Waals surface area contributed by atoms with Crippen LogP contribution in [0.1, 0.15) is 47.1 Å². The van der Waals surface area contributed by atoms with Crippen LogP contribution >= 0.6 is 0 Å². The molecule has 0 radical (unpaired) electrons. The van der Waals surface area contributed by atoms with Gasteiger partial charge in [0.25, 0.3) is 5.91 Å². The molecule has 1 aromatic heterocycles. The molecule has 0 fully saturated rings. The van der Waals surface area contributed by atoms with Gasteiger partial charge in [-0.15, -0.1) is 0 Å². The summed E-state index contributed by atoms with van der Waals surface area (Å²) in [6.07, 6.45) is 2.07. The van der Waals surface area contributed by atoms with Crippen LogP contribution in [0.2, 0.25) is 0 Å². The van der Waals surface area contributed by atoms with E-state index in [0.29, 0.717) is 24.5 Å². The molecule has 0 atom stereocenters. The molecule has 0 aliphatic heterocycles. The molecule has 2 aromatic carbocycles. The molecule has 3 rings (SSSR count). The van der Waals surface area contributed by atoms with Crippen LogP contribution in [0, 0.1) is 13.8 Å². The number of methoxy groups -OCH3 is 1. The van der Waals surface area contributed by atoms with Crippen LogP contribution < -0.4 is 14.8 Å². The molecule has 29 heavy (non-hydrogen) atoms. The predicted octanol–water partition coefficient (Wildman–Crippen LogP) is 4.36. The van der Waals surface area contributed by atoms with Crippen LogP contribution in [-0.4, -0.2) is 29.6 Å². The van der Waals surface area contributed by atoms with E-state index in [1.165, 1.54) is 0 Å². The summed E-state index contributed by atoms with van der Waals surface area (Å²) in [5.74, 6) is 1.23. The molecule has 0 spiro atoms. The number of rotatable bonds is 8. The second-order valence-electron chi connectivity index (χ2n) is 6.97. The number of unbranched alkanes of at least 4 members (excludes halogenated alkanes) is 1. The quantitative estimate of drug-likeness (QED) is 0.576. The number of carbonyl (C=O) groups is 1. The van der Waals surface area contributed by atoms with E-state index < -0.39 is 0 Å². The highest BCUT2D eigenvalue weighted by Crippen LogP contribution is 2.28. The molecule has 6 nitrogen and oxygen atoms in total. The smallest absolute Gasteiger partial charge is 0.251 e. The Labute approximate surface area is 171 Å². The molecule has 152 valence electrons. The van der Waals surface area contributed by atoms with Gasteiger partial charge in [0.05, 0.1) is 36.1 Å². The predicted molar refractivity (Wildman–Crippen MR) is 114 cm³/mol. The number of carbonyl (C=O) groups excluding carboxylic acids is 1. The molecule has 3 aromatic rings. The first-order chi connectivity index (χ1) is 14.0. The second-order valence-corrected chi connectivity index (χ2v) is 6.97. The van der Waals surface area contributed by atoms with Crippen LogP contribution in [0.25, 0.3) is 11.0 Å². The fraction of sp³-hybridized carbons (Fsp3) is 0.348. The van der Waals surface area contributed by atoms with Gasteiger partial charge in [0.15, 0.2) is 11.5 Å². The summed E-state index contributed by atoms with van der Waals surface area (Å²) in [5.41, 5.74) is 4.75. The molecule has 0 unspecified atom stereocenters. The summed E-state index contributed by atoms with van der Waals surface area (Å²) >= 11 is 0. The van der Waals surface area contributed by atoms with E-state index in [1.54, 1.807) is 19.2 Å². The molecular formula is C23H27N3O3. The number of benzene rings is 2. The maximum atomic E-state index is 12.6. The first-order valence-electron chi connectivity index (χ1n) is 9.84. The van der Waals surface area contributed by atoms with Crippen molar-refractivity contribution in [2.75, 3.05) is 13.7 Å². The Morgan fingerprint density at radius 2 is 1.76 bits per heavy atom. The van der Waals surface area contributed by atoms with Gasteiger partial charge >= 0.3 is 0 Å². The average Bonchev–Trinajstić information content (AvgIpc) is 2.73. The van der Waals surface area contributed by atoms with Crippen molar-refractivity contribution in [3.8, 4) is 11.5 Å². The summed E-state index contributed by atoms with van der Waals surface area (Å²) in [7, 11) is 1.62. The summed E-state index contributed by atoms with van der Waals surface area (Å²) in [4.78, 5) is 21.6. The number of hydrogen-bond donors (Lipinski definition) is 1. The molecule has 0 aliphatic carbocycles. The van der Waals surface area contributed by atoms with E-state index in [-0.39, 0.29) is 5.91 Å². The molecule has 0 bridgehead atoms. The topological polar surface area (TPSA) is 73.3 Å². The summed E-state index contributed by atoms with van der Waals surface area (Å²) in [6, 6.07) is 11.1. The minimum Gasteiger partial charge on any atom is -0.493 e. The van der Waals surface area contributed by atoms with Gasteiger partial charge < -0.3 is 14.8 Å². The Hall–Kier alpha value is -3.15. The molecule has 1 N–H and O–H groups in total. The van der Waals surface area contributed by atoms with Crippen LogP contribution in [0.4, 0.5) is 0 Å². The van der Waals surface area contributed by atoms with E-state index in [9.17, 15) is 4.79 Å². The van der Waals surface area contributed by atoms with Crippen molar-refractivity contribution >= 4 is 16.9 Å². The van der Waals surface area contributed by atoms with Crippen LogP contribution in [0.15, 0.2) is 36.4 Å². The lowest BCUT2D eigenvalue weighted by molar-refractivity contribution is 0.0951. The number of aryl methyl sites for hydroxylation is 2. The van der Waals surface area contributed by atoms with Gasteiger partial charge in [0, 0.05) is 12.1 Å². The maximum absolute atomic E-state index is 12.6.